The van der Waals surface area contributed by atoms with Crippen molar-refractivity contribution in [2.45, 2.75) is 82.6 Å². The number of cyclic esters (lactones) is 1. The summed E-state index contributed by atoms with van der Waals surface area (Å²) >= 11 is 0. The van der Waals surface area contributed by atoms with Gasteiger partial charge in [0.1, 0.15) is 6.10 Å². The Morgan fingerprint density at radius 2 is 1.90 bits per heavy atom. The van der Waals surface area contributed by atoms with Crippen LogP contribution in [0.3, 0.4) is 0 Å². The quantitative estimate of drug-likeness (QED) is 0.641. The van der Waals surface area contributed by atoms with E-state index in [1.54, 1.807) is 6.92 Å². The maximum absolute atomic E-state index is 13.8. The number of Topliss-reactive ketones (excluding diaryl/α,β-unsaturated/α-hetero) is 1. The predicted octanol–water partition coefficient (Wildman–Crippen LogP) is 2.44. The van der Waals surface area contributed by atoms with Crippen molar-refractivity contribution in [2.24, 2.45) is 5.92 Å². The highest BCUT2D eigenvalue weighted by Crippen LogP contribution is 2.62. The van der Waals surface area contributed by atoms with Gasteiger partial charge < -0.3 is 14.2 Å². The van der Waals surface area contributed by atoms with E-state index in [0.29, 0.717) is 29.7 Å². The molecule has 4 heterocycles. The molecule has 30 heavy (non-hydrogen) atoms. The number of carbonyl (C=O) groups is 3. The van der Waals surface area contributed by atoms with E-state index in [4.69, 9.17) is 14.2 Å². The maximum atomic E-state index is 13.8. The fraction of sp³-hybridized carbons (Fsp3) is 0.696. The van der Waals surface area contributed by atoms with E-state index >= 15 is 0 Å². The van der Waals surface area contributed by atoms with E-state index < -0.39 is 17.1 Å². The topological polar surface area (TPSA) is 82.1 Å². The lowest BCUT2D eigenvalue weighted by Gasteiger charge is -2.48. The summed E-state index contributed by atoms with van der Waals surface area (Å²) in [4.78, 5) is 41.0. The lowest BCUT2D eigenvalue weighted by Crippen LogP contribution is -2.66. The highest BCUT2D eigenvalue weighted by molar-refractivity contribution is 6.14. The SMILES string of the molecule is COC1=C(C)C(=O)O[C@]12C(=O)C(C)=C1CCCCN3[C@H]([C@@H]4C[C@@H](C)C(=O)O4)CC[C@@]132. The minimum absolute atomic E-state index is 0.000268. The Balaban J connectivity index is 1.69. The van der Waals surface area contributed by atoms with Crippen LogP contribution in [0.4, 0.5) is 0 Å². The number of esters is 2. The highest BCUT2D eigenvalue weighted by atomic mass is 16.6. The molecule has 4 aliphatic heterocycles. The number of hydrogen-bond donors (Lipinski definition) is 0. The minimum atomic E-state index is -1.46. The average molecular weight is 415 g/mol. The third kappa shape index (κ3) is 2.12. The lowest BCUT2D eigenvalue weighted by atomic mass is 9.73. The monoisotopic (exact) mass is 415 g/mol. The first-order chi connectivity index (χ1) is 14.3. The summed E-state index contributed by atoms with van der Waals surface area (Å²) in [5.41, 5.74) is -0.0942. The molecule has 3 saturated heterocycles. The number of ketones is 1. The van der Waals surface area contributed by atoms with Gasteiger partial charge in [0.2, 0.25) is 5.78 Å². The lowest BCUT2D eigenvalue weighted by molar-refractivity contribution is -0.168. The second-order valence-corrected chi connectivity index (χ2v) is 9.39. The number of methoxy groups -OCH3 is 1. The van der Waals surface area contributed by atoms with E-state index in [2.05, 4.69) is 4.90 Å². The van der Waals surface area contributed by atoms with Gasteiger partial charge in [-0.3, -0.25) is 14.5 Å². The van der Waals surface area contributed by atoms with Crippen LogP contribution in [0.2, 0.25) is 0 Å². The maximum Gasteiger partial charge on any atom is 0.338 e. The molecule has 0 radical (unpaired) electrons. The molecule has 0 aromatic rings. The number of hydrogen-bond acceptors (Lipinski definition) is 7. The van der Waals surface area contributed by atoms with Gasteiger partial charge >= 0.3 is 11.9 Å². The van der Waals surface area contributed by atoms with Crippen LogP contribution in [0.15, 0.2) is 22.5 Å². The van der Waals surface area contributed by atoms with Crippen molar-refractivity contribution in [1.29, 1.82) is 0 Å². The first-order valence-electron chi connectivity index (χ1n) is 11.0. The van der Waals surface area contributed by atoms with Crippen LogP contribution < -0.4 is 0 Å². The second kappa shape index (κ2) is 6.42. The van der Waals surface area contributed by atoms with Gasteiger partial charge in [-0.05, 0) is 70.1 Å². The molecule has 0 bridgehead atoms. The van der Waals surface area contributed by atoms with Gasteiger partial charge in [-0.15, -0.1) is 0 Å². The normalized spacial score (nSPS) is 41.3. The molecule has 0 aromatic heterocycles. The molecule has 7 heteroatoms. The van der Waals surface area contributed by atoms with Crippen LogP contribution in [-0.2, 0) is 28.6 Å². The van der Waals surface area contributed by atoms with Crippen LogP contribution in [0.5, 0.6) is 0 Å². The fourth-order valence-electron chi connectivity index (χ4n) is 6.81. The molecule has 1 aliphatic carbocycles. The standard InChI is InChI=1S/C23H29NO6/c1-12-11-17(29-20(12)26)16-8-9-22-15(7-5-6-10-24(16)22)13(2)18(25)23(22)19(28-4)14(3)21(27)30-23/h12,16-17H,5-11H2,1-4H3/t12-,16+,17+,22+,23-/m1/s1. The van der Waals surface area contributed by atoms with Crippen molar-refractivity contribution in [3.05, 3.63) is 22.5 Å². The Hall–Kier alpha value is -2.15. The first-order valence-corrected chi connectivity index (χ1v) is 11.0. The Morgan fingerprint density at radius 1 is 1.13 bits per heavy atom. The molecule has 0 amide bonds. The summed E-state index contributed by atoms with van der Waals surface area (Å²) in [5.74, 6) is -0.576. The van der Waals surface area contributed by atoms with Gasteiger partial charge in [0.25, 0.3) is 5.60 Å². The molecule has 2 spiro atoms. The van der Waals surface area contributed by atoms with E-state index in [0.717, 1.165) is 37.8 Å². The molecular weight excluding hydrogens is 386 g/mol. The molecule has 0 N–H and O–H groups in total. The first kappa shape index (κ1) is 19.8. The second-order valence-electron chi connectivity index (χ2n) is 9.39. The minimum Gasteiger partial charge on any atom is -0.496 e. The zero-order valence-corrected chi connectivity index (χ0v) is 18.1. The van der Waals surface area contributed by atoms with E-state index in [9.17, 15) is 14.4 Å². The summed E-state index contributed by atoms with van der Waals surface area (Å²) < 4.78 is 17.5. The van der Waals surface area contributed by atoms with Gasteiger partial charge in [-0.25, -0.2) is 4.79 Å². The zero-order chi connectivity index (χ0) is 21.4. The van der Waals surface area contributed by atoms with E-state index in [1.807, 2.05) is 13.8 Å². The summed E-state index contributed by atoms with van der Waals surface area (Å²) in [6, 6.07) is 0.000268. The van der Waals surface area contributed by atoms with Crippen molar-refractivity contribution in [3.8, 4) is 0 Å². The largest absolute Gasteiger partial charge is 0.496 e. The molecule has 0 unspecified atom stereocenters. The molecular formula is C23H29NO6. The van der Waals surface area contributed by atoms with Crippen LogP contribution >= 0.6 is 0 Å². The third-order valence-corrected chi connectivity index (χ3v) is 8.06. The van der Waals surface area contributed by atoms with Crippen LogP contribution in [0.25, 0.3) is 0 Å². The summed E-state index contributed by atoms with van der Waals surface area (Å²) in [7, 11) is 1.51. The Bertz CT molecular complexity index is 919. The van der Waals surface area contributed by atoms with Gasteiger partial charge in [-0.1, -0.05) is 6.92 Å². The van der Waals surface area contributed by atoms with Gasteiger partial charge in [0.15, 0.2) is 5.76 Å². The average Bonchev–Trinajstić information content (AvgIpc) is 3.33. The number of ether oxygens (including phenoxy) is 3. The molecule has 0 saturated carbocycles. The van der Waals surface area contributed by atoms with Crippen LogP contribution in [0, 0.1) is 5.92 Å². The van der Waals surface area contributed by atoms with E-state index in [1.165, 1.54) is 7.11 Å². The number of carbonyl (C=O) groups excluding carboxylic acids is 3. The summed E-state index contributed by atoms with van der Waals surface area (Å²) in [6.07, 6.45) is 4.69. The van der Waals surface area contributed by atoms with E-state index in [-0.39, 0.29) is 29.8 Å². The molecule has 3 fully saturated rings. The van der Waals surface area contributed by atoms with Crippen molar-refractivity contribution >= 4 is 17.7 Å². The molecule has 162 valence electrons. The van der Waals surface area contributed by atoms with Crippen molar-refractivity contribution in [2.75, 3.05) is 13.7 Å². The van der Waals surface area contributed by atoms with Crippen molar-refractivity contribution in [1.82, 2.24) is 4.90 Å². The van der Waals surface area contributed by atoms with Crippen molar-refractivity contribution < 1.29 is 28.6 Å². The van der Waals surface area contributed by atoms with Gasteiger partial charge in [0, 0.05) is 6.04 Å². The third-order valence-electron chi connectivity index (χ3n) is 8.06. The Labute approximate surface area is 176 Å². The Morgan fingerprint density at radius 3 is 2.57 bits per heavy atom. The fourth-order valence-corrected chi connectivity index (χ4v) is 6.81. The van der Waals surface area contributed by atoms with Crippen LogP contribution in [0.1, 0.15) is 59.3 Å². The van der Waals surface area contributed by atoms with Gasteiger partial charge in [0.05, 0.1) is 24.1 Å². The zero-order valence-electron chi connectivity index (χ0n) is 18.1. The summed E-state index contributed by atoms with van der Waals surface area (Å²) in [6.45, 7) is 6.20. The molecule has 5 rings (SSSR count). The molecule has 5 aliphatic rings. The number of rotatable bonds is 2. The molecule has 7 nitrogen and oxygen atoms in total. The Kier molecular flexibility index (Phi) is 4.24. The smallest absolute Gasteiger partial charge is 0.338 e. The van der Waals surface area contributed by atoms with Crippen molar-refractivity contribution in [3.63, 3.8) is 0 Å². The molecule has 5 atom stereocenters. The van der Waals surface area contributed by atoms with Crippen LogP contribution in [-0.4, -0.2) is 59.6 Å². The highest BCUT2D eigenvalue weighted by Gasteiger charge is 2.76. The van der Waals surface area contributed by atoms with Gasteiger partial charge in [-0.2, -0.15) is 0 Å². The number of nitrogens with zero attached hydrogens (tertiary/aromatic N) is 1. The molecule has 0 aromatic carbocycles. The summed E-state index contributed by atoms with van der Waals surface area (Å²) in [5, 5.41) is 0. The predicted molar refractivity (Wildman–Crippen MR) is 106 cm³/mol.